The zero-order chi connectivity index (χ0) is 22.1. The van der Waals surface area contributed by atoms with Crippen LogP contribution < -0.4 is 4.72 Å². The second-order valence-corrected chi connectivity index (χ2v) is 9.16. The predicted octanol–water partition coefficient (Wildman–Crippen LogP) is 4.50. The maximum absolute atomic E-state index is 11.5. The predicted molar refractivity (Wildman–Crippen MR) is 126 cm³/mol. The van der Waals surface area contributed by atoms with Gasteiger partial charge in [-0.2, -0.15) is 5.10 Å². The molecule has 3 heterocycles. The molecular weight excluding hydrogens is 422 g/mol. The number of imidazole rings is 1. The second kappa shape index (κ2) is 7.90. The minimum atomic E-state index is -3.35. The molecule has 0 saturated heterocycles. The standard InChI is InChI=1S/C24H19N5O2S/c1-32(30,31)28-21-9-5-8-18(12-21)20-14-24-26-16-23(29(24)27-15-20)19-10-11-25-22(13-19)17-6-3-2-4-7-17/h2-16,28H,1H3. The molecule has 8 heteroatoms. The van der Waals surface area contributed by atoms with Crippen LogP contribution in [0, 0.1) is 0 Å². The molecule has 0 saturated carbocycles. The normalized spacial score (nSPS) is 11.5. The van der Waals surface area contributed by atoms with E-state index in [1.54, 1.807) is 41.3 Å². The van der Waals surface area contributed by atoms with Crippen molar-refractivity contribution in [1.29, 1.82) is 0 Å². The maximum Gasteiger partial charge on any atom is 0.229 e. The molecule has 0 radical (unpaired) electrons. The van der Waals surface area contributed by atoms with Gasteiger partial charge < -0.3 is 0 Å². The van der Waals surface area contributed by atoms with E-state index in [1.165, 1.54) is 0 Å². The fourth-order valence-corrected chi connectivity index (χ4v) is 4.12. The van der Waals surface area contributed by atoms with Crippen LogP contribution in [-0.4, -0.2) is 34.3 Å². The first kappa shape index (κ1) is 19.9. The first-order valence-corrected chi connectivity index (χ1v) is 11.8. The van der Waals surface area contributed by atoms with E-state index in [0.717, 1.165) is 39.9 Å². The van der Waals surface area contributed by atoms with E-state index >= 15 is 0 Å². The Kier molecular flexibility index (Phi) is 4.91. The van der Waals surface area contributed by atoms with Gasteiger partial charge in [-0.05, 0) is 35.9 Å². The minimum absolute atomic E-state index is 0.499. The molecule has 0 fully saturated rings. The highest BCUT2D eigenvalue weighted by Gasteiger charge is 2.11. The van der Waals surface area contributed by atoms with Gasteiger partial charge in [0.2, 0.25) is 10.0 Å². The van der Waals surface area contributed by atoms with Crippen LogP contribution in [0.3, 0.4) is 0 Å². The van der Waals surface area contributed by atoms with Crippen LogP contribution in [0.1, 0.15) is 0 Å². The molecule has 0 amide bonds. The summed E-state index contributed by atoms with van der Waals surface area (Å²) in [7, 11) is -3.35. The number of pyridine rings is 1. The molecule has 0 aliphatic carbocycles. The molecular formula is C24H19N5O2S. The number of rotatable bonds is 5. The Balaban J connectivity index is 1.51. The van der Waals surface area contributed by atoms with Gasteiger partial charge in [-0.1, -0.05) is 42.5 Å². The zero-order valence-electron chi connectivity index (χ0n) is 17.2. The average molecular weight is 442 g/mol. The zero-order valence-corrected chi connectivity index (χ0v) is 18.0. The number of benzene rings is 2. The smallest absolute Gasteiger partial charge is 0.229 e. The summed E-state index contributed by atoms with van der Waals surface area (Å²) in [6, 6.07) is 23.1. The Labute approximate surface area is 185 Å². The molecule has 3 aromatic heterocycles. The van der Waals surface area contributed by atoms with Crippen LogP contribution in [0.25, 0.3) is 39.3 Å². The third kappa shape index (κ3) is 4.08. The van der Waals surface area contributed by atoms with Gasteiger partial charge in [0.1, 0.15) is 0 Å². The van der Waals surface area contributed by atoms with Crippen molar-refractivity contribution in [3.63, 3.8) is 0 Å². The van der Waals surface area contributed by atoms with Crippen molar-refractivity contribution in [2.45, 2.75) is 0 Å². The molecule has 158 valence electrons. The van der Waals surface area contributed by atoms with Crippen molar-refractivity contribution in [1.82, 2.24) is 19.6 Å². The SMILES string of the molecule is CS(=O)(=O)Nc1cccc(-c2cnn3c(-c4ccnc(-c5ccccc5)c4)cnc3c2)c1. The van der Waals surface area contributed by atoms with Crippen molar-refractivity contribution in [2.24, 2.45) is 0 Å². The van der Waals surface area contributed by atoms with E-state index < -0.39 is 10.0 Å². The van der Waals surface area contributed by atoms with Crippen LogP contribution in [-0.2, 0) is 10.0 Å². The van der Waals surface area contributed by atoms with Crippen LogP contribution in [0.2, 0.25) is 0 Å². The maximum atomic E-state index is 11.5. The molecule has 0 aliphatic heterocycles. The molecule has 0 atom stereocenters. The fourth-order valence-electron chi connectivity index (χ4n) is 3.56. The Morgan fingerprint density at radius 1 is 0.781 bits per heavy atom. The molecule has 5 rings (SSSR count). The van der Waals surface area contributed by atoms with Crippen LogP contribution in [0.4, 0.5) is 5.69 Å². The van der Waals surface area contributed by atoms with E-state index in [9.17, 15) is 8.42 Å². The lowest BCUT2D eigenvalue weighted by molar-refractivity contribution is 0.607. The van der Waals surface area contributed by atoms with E-state index in [0.29, 0.717) is 11.3 Å². The number of hydrogen-bond donors (Lipinski definition) is 1. The topological polar surface area (TPSA) is 89.2 Å². The third-order valence-electron chi connectivity index (χ3n) is 4.99. The van der Waals surface area contributed by atoms with Crippen molar-refractivity contribution < 1.29 is 8.42 Å². The van der Waals surface area contributed by atoms with Crippen molar-refractivity contribution in [2.75, 3.05) is 11.0 Å². The van der Waals surface area contributed by atoms with Gasteiger partial charge in [0.05, 0.1) is 30.0 Å². The molecule has 0 aliphatic rings. The molecule has 0 spiro atoms. The van der Waals surface area contributed by atoms with Crippen LogP contribution >= 0.6 is 0 Å². The van der Waals surface area contributed by atoms with Crippen molar-refractivity contribution in [3.05, 3.63) is 91.4 Å². The van der Waals surface area contributed by atoms with E-state index in [4.69, 9.17) is 0 Å². The summed E-state index contributed by atoms with van der Waals surface area (Å²) in [5.74, 6) is 0. The number of aromatic nitrogens is 4. The Bertz CT molecular complexity index is 1530. The fraction of sp³-hybridized carbons (Fsp3) is 0.0417. The highest BCUT2D eigenvalue weighted by atomic mass is 32.2. The van der Waals surface area contributed by atoms with E-state index in [2.05, 4.69) is 19.8 Å². The van der Waals surface area contributed by atoms with Gasteiger partial charge in [0.25, 0.3) is 0 Å². The van der Waals surface area contributed by atoms with Crippen molar-refractivity contribution >= 4 is 21.4 Å². The van der Waals surface area contributed by atoms with Crippen LogP contribution in [0.5, 0.6) is 0 Å². The molecule has 0 bridgehead atoms. The lowest BCUT2D eigenvalue weighted by Gasteiger charge is -2.08. The van der Waals surface area contributed by atoms with Gasteiger partial charge in [-0.25, -0.2) is 17.9 Å². The first-order chi connectivity index (χ1) is 15.5. The molecule has 32 heavy (non-hydrogen) atoms. The van der Waals surface area contributed by atoms with E-state index in [1.807, 2.05) is 54.6 Å². The minimum Gasteiger partial charge on any atom is -0.284 e. The molecule has 2 aromatic carbocycles. The molecule has 5 aromatic rings. The highest BCUT2D eigenvalue weighted by Crippen LogP contribution is 2.27. The average Bonchev–Trinajstić information content (AvgIpc) is 3.22. The quantitative estimate of drug-likeness (QED) is 0.434. The largest absolute Gasteiger partial charge is 0.284 e. The number of nitrogens with zero attached hydrogens (tertiary/aromatic N) is 4. The third-order valence-corrected chi connectivity index (χ3v) is 5.59. The van der Waals surface area contributed by atoms with E-state index in [-0.39, 0.29) is 0 Å². The number of fused-ring (bicyclic) bond motifs is 1. The Hall–Kier alpha value is -4.04. The van der Waals surface area contributed by atoms with Gasteiger partial charge in [0, 0.05) is 28.6 Å². The second-order valence-electron chi connectivity index (χ2n) is 7.41. The summed E-state index contributed by atoms with van der Waals surface area (Å²) in [6.07, 6.45) is 6.45. The lowest BCUT2D eigenvalue weighted by Crippen LogP contribution is -2.09. The summed E-state index contributed by atoms with van der Waals surface area (Å²) >= 11 is 0. The van der Waals surface area contributed by atoms with Gasteiger partial charge in [-0.3, -0.25) is 9.71 Å². The summed E-state index contributed by atoms with van der Waals surface area (Å²) < 4.78 is 27.3. The number of anilines is 1. The van der Waals surface area contributed by atoms with Gasteiger partial charge in [-0.15, -0.1) is 0 Å². The molecule has 0 unspecified atom stereocenters. The Morgan fingerprint density at radius 3 is 2.41 bits per heavy atom. The summed E-state index contributed by atoms with van der Waals surface area (Å²) in [5.41, 5.74) is 6.62. The lowest BCUT2D eigenvalue weighted by atomic mass is 10.1. The number of sulfonamides is 1. The number of nitrogens with one attached hydrogen (secondary N) is 1. The number of hydrogen-bond acceptors (Lipinski definition) is 5. The Morgan fingerprint density at radius 2 is 1.59 bits per heavy atom. The van der Waals surface area contributed by atoms with Gasteiger partial charge in [0.15, 0.2) is 5.65 Å². The highest BCUT2D eigenvalue weighted by molar-refractivity contribution is 7.92. The monoisotopic (exact) mass is 441 g/mol. The van der Waals surface area contributed by atoms with Crippen molar-refractivity contribution in [3.8, 4) is 33.6 Å². The summed E-state index contributed by atoms with van der Waals surface area (Å²) in [4.78, 5) is 9.02. The van der Waals surface area contributed by atoms with Gasteiger partial charge >= 0.3 is 0 Å². The molecule has 1 N–H and O–H groups in total. The summed E-state index contributed by atoms with van der Waals surface area (Å²) in [5, 5.41) is 4.60. The first-order valence-electron chi connectivity index (χ1n) is 9.90. The van der Waals surface area contributed by atoms with Crippen LogP contribution in [0.15, 0.2) is 91.4 Å². The molecule has 7 nitrogen and oxygen atoms in total. The summed E-state index contributed by atoms with van der Waals surface area (Å²) in [6.45, 7) is 0.